The van der Waals surface area contributed by atoms with Gasteiger partial charge in [0.1, 0.15) is 0 Å². The zero-order valence-corrected chi connectivity index (χ0v) is 9.13. The van der Waals surface area contributed by atoms with Crippen LogP contribution in [-0.4, -0.2) is 11.3 Å². The first-order valence-electron chi connectivity index (χ1n) is 5.27. The third-order valence-corrected chi connectivity index (χ3v) is 2.69. The molecule has 16 heavy (non-hydrogen) atoms. The molecule has 1 heterocycles. The maximum atomic E-state index is 10.5. The molecule has 1 atom stereocenters. The van der Waals surface area contributed by atoms with Gasteiger partial charge in [-0.25, -0.2) is 0 Å². The van der Waals surface area contributed by atoms with E-state index in [1.54, 1.807) is 12.3 Å². The number of hydrogen-bond acceptors (Lipinski definition) is 2. The molecule has 2 heteroatoms. The molecule has 0 saturated carbocycles. The number of aromatic nitrogens is 1. The summed E-state index contributed by atoms with van der Waals surface area (Å²) in [6.07, 6.45) is 2.42. The Kier molecular flexibility index (Phi) is 3.10. The molecule has 0 aliphatic rings. The number of carbonyl (C=O) groups excluding carboxylic acids is 1. The number of pyridine rings is 1. The largest absolute Gasteiger partial charge is 0.298 e. The number of rotatable bonds is 3. The molecule has 0 N–H and O–H groups in total. The maximum Gasteiger partial charge on any atom is 0.151 e. The Bertz CT molecular complexity index is 462. The van der Waals surface area contributed by atoms with Crippen LogP contribution in [0.4, 0.5) is 0 Å². The lowest BCUT2D eigenvalue weighted by Gasteiger charge is -2.10. The lowest BCUT2D eigenvalue weighted by molar-refractivity contribution is 0.112. The Balaban J connectivity index is 2.27. The Morgan fingerprint density at radius 3 is 2.44 bits per heavy atom. The molecule has 0 bridgehead atoms. The molecule has 2 aromatic rings. The van der Waals surface area contributed by atoms with Gasteiger partial charge in [-0.1, -0.05) is 37.3 Å². The Hall–Kier alpha value is -1.96. The van der Waals surface area contributed by atoms with Crippen molar-refractivity contribution in [1.82, 2.24) is 4.98 Å². The zero-order valence-electron chi connectivity index (χ0n) is 9.13. The Morgan fingerprint density at radius 2 is 1.88 bits per heavy atom. The molecule has 2 rings (SSSR count). The first-order chi connectivity index (χ1) is 7.81. The van der Waals surface area contributed by atoms with Crippen LogP contribution < -0.4 is 0 Å². The van der Waals surface area contributed by atoms with E-state index in [2.05, 4.69) is 24.0 Å². The maximum absolute atomic E-state index is 10.5. The Morgan fingerprint density at radius 1 is 1.12 bits per heavy atom. The molecular weight excluding hydrogens is 198 g/mol. The molecule has 0 fully saturated rings. The molecule has 1 aromatic carbocycles. The highest BCUT2D eigenvalue weighted by Crippen LogP contribution is 2.21. The van der Waals surface area contributed by atoms with E-state index < -0.39 is 0 Å². The minimum atomic E-state index is 0.252. The zero-order chi connectivity index (χ0) is 11.4. The molecule has 0 aliphatic carbocycles. The second-order valence-electron chi connectivity index (χ2n) is 3.77. The average Bonchev–Trinajstić information content (AvgIpc) is 2.39. The summed E-state index contributed by atoms with van der Waals surface area (Å²) in [5, 5.41) is 0. The summed E-state index contributed by atoms with van der Waals surface area (Å²) >= 11 is 0. The van der Waals surface area contributed by atoms with Gasteiger partial charge < -0.3 is 0 Å². The lowest BCUT2D eigenvalue weighted by Crippen LogP contribution is -1.99. The topological polar surface area (TPSA) is 30.0 Å². The predicted octanol–water partition coefficient (Wildman–Crippen LogP) is 3.05. The number of hydrogen-bond donors (Lipinski definition) is 0. The smallest absolute Gasteiger partial charge is 0.151 e. The quantitative estimate of drug-likeness (QED) is 0.730. The van der Waals surface area contributed by atoms with E-state index in [1.165, 1.54) is 5.56 Å². The van der Waals surface area contributed by atoms with E-state index in [0.29, 0.717) is 5.56 Å². The molecule has 0 saturated heterocycles. The fourth-order valence-electron chi connectivity index (χ4n) is 1.66. The normalized spacial score (nSPS) is 12.1. The van der Waals surface area contributed by atoms with Gasteiger partial charge in [-0.2, -0.15) is 0 Å². The molecule has 1 unspecified atom stereocenters. The summed E-state index contributed by atoms with van der Waals surface area (Å²) < 4.78 is 0. The summed E-state index contributed by atoms with van der Waals surface area (Å²) in [5.41, 5.74) is 2.83. The van der Waals surface area contributed by atoms with Crippen molar-refractivity contribution in [3.05, 3.63) is 65.5 Å². The van der Waals surface area contributed by atoms with Crippen molar-refractivity contribution < 1.29 is 4.79 Å². The van der Waals surface area contributed by atoms with Crippen molar-refractivity contribution in [3.63, 3.8) is 0 Å². The van der Waals surface area contributed by atoms with Crippen LogP contribution in [0.1, 0.15) is 34.5 Å². The van der Waals surface area contributed by atoms with E-state index in [9.17, 15) is 4.79 Å². The van der Waals surface area contributed by atoms with Crippen molar-refractivity contribution in [1.29, 1.82) is 0 Å². The van der Waals surface area contributed by atoms with Crippen LogP contribution in [0.25, 0.3) is 0 Å². The molecule has 0 aliphatic heterocycles. The summed E-state index contributed by atoms with van der Waals surface area (Å²) in [4.78, 5) is 14.8. The van der Waals surface area contributed by atoms with Crippen LogP contribution in [0.3, 0.4) is 0 Å². The minimum Gasteiger partial charge on any atom is -0.298 e. The number of aldehydes is 1. The SMILES string of the molecule is CC(c1ccccc1)c1ccc(C=O)cn1. The number of carbonyl (C=O) groups is 1. The van der Waals surface area contributed by atoms with Gasteiger partial charge in [0.05, 0.1) is 0 Å². The lowest BCUT2D eigenvalue weighted by atomic mass is 9.97. The Labute approximate surface area is 95.0 Å². The van der Waals surface area contributed by atoms with Gasteiger partial charge in [-0.15, -0.1) is 0 Å². The van der Waals surface area contributed by atoms with Crippen molar-refractivity contribution in [2.45, 2.75) is 12.8 Å². The van der Waals surface area contributed by atoms with E-state index in [4.69, 9.17) is 0 Å². The summed E-state index contributed by atoms with van der Waals surface area (Å²) in [6, 6.07) is 13.9. The van der Waals surface area contributed by atoms with Gasteiger partial charge in [0.25, 0.3) is 0 Å². The van der Waals surface area contributed by atoms with E-state index in [0.717, 1.165) is 12.0 Å². The van der Waals surface area contributed by atoms with Crippen molar-refractivity contribution in [2.24, 2.45) is 0 Å². The summed E-state index contributed by atoms with van der Waals surface area (Å²) in [7, 11) is 0. The average molecular weight is 211 g/mol. The van der Waals surface area contributed by atoms with Crippen LogP contribution >= 0.6 is 0 Å². The van der Waals surface area contributed by atoms with Gasteiger partial charge in [0.2, 0.25) is 0 Å². The van der Waals surface area contributed by atoms with E-state index in [1.807, 2.05) is 24.3 Å². The minimum absolute atomic E-state index is 0.252. The molecule has 1 aromatic heterocycles. The molecule has 80 valence electrons. The fourth-order valence-corrected chi connectivity index (χ4v) is 1.66. The second kappa shape index (κ2) is 4.71. The summed E-state index contributed by atoms with van der Waals surface area (Å²) in [5.74, 6) is 0.252. The first kappa shape index (κ1) is 10.6. The monoisotopic (exact) mass is 211 g/mol. The van der Waals surface area contributed by atoms with Crippen LogP contribution in [0.15, 0.2) is 48.7 Å². The second-order valence-corrected chi connectivity index (χ2v) is 3.77. The van der Waals surface area contributed by atoms with Crippen LogP contribution in [0.2, 0.25) is 0 Å². The highest BCUT2D eigenvalue weighted by molar-refractivity contribution is 5.73. The molecule has 0 amide bonds. The highest BCUT2D eigenvalue weighted by Gasteiger charge is 2.08. The number of nitrogens with zero attached hydrogens (tertiary/aromatic N) is 1. The number of benzene rings is 1. The van der Waals surface area contributed by atoms with Crippen molar-refractivity contribution >= 4 is 6.29 Å². The van der Waals surface area contributed by atoms with Gasteiger partial charge in [-0.3, -0.25) is 9.78 Å². The summed E-state index contributed by atoms with van der Waals surface area (Å²) in [6.45, 7) is 2.11. The molecule has 2 nitrogen and oxygen atoms in total. The van der Waals surface area contributed by atoms with E-state index in [-0.39, 0.29) is 5.92 Å². The molecule has 0 radical (unpaired) electrons. The fraction of sp³-hybridized carbons (Fsp3) is 0.143. The highest BCUT2D eigenvalue weighted by atomic mass is 16.1. The third kappa shape index (κ3) is 2.16. The van der Waals surface area contributed by atoms with Crippen molar-refractivity contribution in [3.8, 4) is 0 Å². The molecular formula is C14H13NO. The van der Waals surface area contributed by atoms with Gasteiger partial charge >= 0.3 is 0 Å². The molecule has 0 spiro atoms. The van der Waals surface area contributed by atoms with Gasteiger partial charge in [0.15, 0.2) is 6.29 Å². The van der Waals surface area contributed by atoms with Gasteiger partial charge in [-0.05, 0) is 17.7 Å². The van der Waals surface area contributed by atoms with Crippen LogP contribution in [-0.2, 0) is 0 Å². The van der Waals surface area contributed by atoms with Crippen LogP contribution in [0.5, 0.6) is 0 Å². The van der Waals surface area contributed by atoms with Gasteiger partial charge in [0, 0.05) is 23.4 Å². The predicted molar refractivity (Wildman–Crippen MR) is 63.6 cm³/mol. The van der Waals surface area contributed by atoms with Crippen LogP contribution in [0, 0.1) is 0 Å². The third-order valence-electron chi connectivity index (χ3n) is 2.69. The van der Waals surface area contributed by atoms with Crippen molar-refractivity contribution in [2.75, 3.05) is 0 Å². The van der Waals surface area contributed by atoms with E-state index >= 15 is 0 Å². The standard InChI is InChI=1S/C14H13NO/c1-11(13-5-3-2-4-6-13)14-8-7-12(10-16)9-15-14/h2-11H,1H3. The first-order valence-corrected chi connectivity index (χ1v) is 5.27.